The van der Waals surface area contributed by atoms with Crippen LogP contribution >= 0.6 is 23.2 Å². The Balaban J connectivity index is 1.29. The zero-order valence-electron chi connectivity index (χ0n) is 17.8. The van der Waals surface area contributed by atoms with E-state index in [0.29, 0.717) is 24.1 Å². The maximum absolute atomic E-state index is 14.0. The molecule has 1 saturated heterocycles. The molecule has 1 fully saturated rings. The first-order chi connectivity index (χ1) is 14.9. The minimum Gasteiger partial charge on any atom is -0.369 e. The lowest BCUT2D eigenvalue weighted by Gasteiger charge is -2.36. The molecule has 1 amide bonds. The third-order valence-electron chi connectivity index (χ3n) is 6.74. The number of halogens is 3. The zero-order valence-corrected chi connectivity index (χ0v) is 19.3. The first-order valence-corrected chi connectivity index (χ1v) is 11.7. The first-order valence-electron chi connectivity index (χ1n) is 11.0. The van der Waals surface area contributed by atoms with Crippen LogP contribution in [0, 0.1) is 5.82 Å². The van der Waals surface area contributed by atoms with E-state index in [1.54, 1.807) is 0 Å². The summed E-state index contributed by atoms with van der Waals surface area (Å²) >= 11 is 12.2. The highest BCUT2D eigenvalue weighted by Crippen LogP contribution is 2.47. The molecule has 7 heteroatoms. The summed E-state index contributed by atoms with van der Waals surface area (Å²) in [5.74, 6) is -0.453. The van der Waals surface area contributed by atoms with Crippen molar-refractivity contribution >= 4 is 40.5 Å². The fourth-order valence-corrected chi connectivity index (χ4v) is 5.23. The summed E-state index contributed by atoms with van der Waals surface area (Å²) in [5, 5.41) is 3.92. The van der Waals surface area contributed by atoms with Crippen LogP contribution in [0.4, 0.5) is 15.8 Å². The molecule has 0 saturated carbocycles. The molecule has 4 nitrogen and oxygen atoms in total. The van der Waals surface area contributed by atoms with E-state index in [-0.39, 0.29) is 10.9 Å². The molecule has 0 bridgehead atoms. The molecule has 31 heavy (non-hydrogen) atoms. The number of rotatable bonds is 7. The van der Waals surface area contributed by atoms with Crippen LogP contribution in [0.1, 0.15) is 38.2 Å². The van der Waals surface area contributed by atoms with E-state index in [1.165, 1.54) is 17.8 Å². The number of hydrogen-bond donors (Lipinski definition) is 1. The van der Waals surface area contributed by atoms with Gasteiger partial charge in [0, 0.05) is 36.9 Å². The van der Waals surface area contributed by atoms with Gasteiger partial charge in [-0.2, -0.15) is 0 Å². The monoisotopic (exact) mass is 463 g/mol. The van der Waals surface area contributed by atoms with Crippen molar-refractivity contribution in [3.05, 3.63) is 57.8 Å². The molecule has 2 aromatic rings. The van der Waals surface area contributed by atoms with E-state index in [4.69, 9.17) is 23.2 Å². The lowest BCUT2D eigenvalue weighted by atomic mass is 9.75. The van der Waals surface area contributed by atoms with Crippen LogP contribution in [0.5, 0.6) is 0 Å². The largest absolute Gasteiger partial charge is 0.369 e. The van der Waals surface area contributed by atoms with Gasteiger partial charge in [0.2, 0.25) is 5.91 Å². The Kier molecular flexibility index (Phi) is 6.75. The van der Waals surface area contributed by atoms with Crippen LogP contribution < -0.4 is 10.2 Å². The Morgan fingerprint density at radius 1 is 1.06 bits per heavy atom. The lowest BCUT2D eigenvalue weighted by molar-refractivity contribution is -0.121. The molecule has 1 N–H and O–H groups in total. The van der Waals surface area contributed by atoms with Crippen LogP contribution in [0.3, 0.4) is 0 Å². The number of anilines is 2. The third kappa shape index (κ3) is 4.55. The Morgan fingerprint density at radius 3 is 2.45 bits per heavy atom. The van der Waals surface area contributed by atoms with Gasteiger partial charge in [-0.1, -0.05) is 36.5 Å². The van der Waals surface area contributed by atoms with Gasteiger partial charge >= 0.3 is 0 Å². The van der Waals surface area contributed by atoms with Crippen molar-refractivity contribution in [3.63, 3.8) is 0 Å². The Hall–Kier alpha value is -1.82. The predicted molar refractivity (Wildman–Crippen MR) is 126 cm³/mol. The van der Waals surface area contributed by atoms with Gasteiger partial charge in [0.15, 0.2) is 0 Å². The molecule has 1 unspecified atom stereocenters. The molecule has 2 aromatic carbocycles. The number of hydrogen-bond acceptors (Lipinski definition) is 3. The van der Waals surface area contributed by atoms with Gasteiger partial charge in [-0.25, -0.2) is 4.39 Å². The quantitative estimate of drug-likeness (QED) is 0.532. The topological polar surface area (TPSA) is 35.6 Å². The molecule has 0 radical (unpaired) electrons. The SMILES string of the molecule is CCC1(CCCCN2CCN(c3ccc(Cl)cc3)CC2)C(=O)Nc2c(Cl)cc(F)cc21. The van der Waals surface area contributed by atoms with Crippen molar-refractivity contribution in [2.45, 2.75) is 38.0 Å². The number of unbranched alkanes of at least 4 members (excludes halogenated alkanes) is 1. The van der Waals surface area contributed by atoms with Gasteiger partial charge in [-0.3, -0.25) is 9.69 Å². The maximum Gasteiger partial charge on any atom is 0.235 e. The number of nitrogens with one attached hydrogen (secondary N) is 1. The van der Waals surface area contributed by atoms with Crippen molar-refractivity contribution in [1.29, 1.82) is 0 Å². The highest BCUT2D eigenvalue weighted by molar-refractivity contribution is 6.34. The van der Waals surface area contributed by atoms with Gasteiger partial charge in [-0.05, 0) is 67.8 Å². The van der Waals surface area contributed by atoms with Crippen LogP contribution in [0.25, 0.3) is 0 Å². The fraction of sp³-hybridized carbons (Fsp3) is 0.458. The summed E-state index contributed by atoms with van der Waals surface area (Å²) in [6.45, 7) is 7.02. The molecular formula is C24H28Cl2FN3O. The average molecular weight is 464 g/mol. The highest BCUT2D eigenvalue weighted by atomic mass is 35.5. The minimum absolute atomic E-state index is 0.0610. The second-order valence-electron chi connectivity index (χ2n) is 8.46. The van der Waals surface area contributed by atoms with Crippen LogP contribution in [-0.4, -0.2) is 43.5 Å². The first kappa shape index (κ1) is 22.4. The van der Waals surface area contributed by atoms with Gasteiger partial charge in [0.25, 0.3) is 0 Å². The smallest absolute Gasteiger partial charge is 0.235 e. The third-order valence-corrected chi connectivity index (χ3v) is 7.29. The van der Waals surface area contributed by atoms with Crippen molar-refractivity contribution in [2.75, 3.05) is 42.9 Å². The number of carbonyl (C=O) groups is 1. The molecule has 2 aliphatic rings. The van der Waals surface area contributed by atoms with E-state index >= 15 is 0 Å². The van der Waals surface area contributed by atoms with E-state index in [9.17, 15) is 9.18 Å². The summed E-state index contributed by atoms with van der Waals surface area (Å²) in [4.78, 5) is 17.7. The predicted octanol–water partition coefficient (Wildman–Crippen LogP) is 5.72. The normalized spacial score (nSPS) is 21.3. The number of fused-ring (bicyclic) bond motifs is 1. The number of carbonyl (C=O) groups excluding carboxylic acids is 1. The minimum atomic E-state index is -0.686. The molecule has 166 valence electrons. The standard InChI is InChI=1S/C24H28Cl2FN3O/c1-2-24(20-15-18(27)16-21(26)22(20)28-23(24)31)9-3-4-10-29-11-13-30(14-12-29)19-7-5-17(25)6-8-19/h5-8,15-16H,2-4,9-14H2,1H3,(H,28,31). The molecule has 2 aliphatic heterocycles. The van der Waals surface area contributed by atoms with Gasteiger partial charge < -0.3 is 10.2 Å². The summed E-state index contributed by atoms with van der Waals surface area (Å²) in [6.07, 6.45) is 3.25. The number of amides is 1. The average Bonchev–Trinajstić information content (AvgIpc) is 3.04. The number of nitrogens with zero attached hydrogens (tertiary/aromatic N) is 2. The van der Waals surface area contributed by atoms with Crippen molar-refractivity contribution in [1.82, 2.24) is 4.90 Å². The Bertz CT molecular complexity index is 945. The van der Waals surface area contributed by atoms with E-state index < -0.39 is 11.2 Å². The summed E-state index contributed by atoms with van der Waals surface area (Å²) < 4.78 is 14.0. The van der Waals surface area contributed by atoms with Crippen LogP contribution in [0.15, 0.2) is 36.4 Å². The van der Waals surface area contributed by atoms with Crippen molar-refractivity contribution in [3.8, 4) is 0 Å². The van der Waals surface area contributed by atoms with Crippen molar-refractivity contribution in [2.24, 2.45) is 0 Å². The molecule has 4 rings (SSSR count). The van der Waals surface area contributed by atoms with Gasteiger partial charge in [0.1, 0.15) is 5.82 Å². The fourth-order valence-electron chi connectivity index (χ4n) is 4.85. The Labute approximate surface area is 193 Å². The van der Waals surface area contributed by atoms with Crippen LogP contribution in [-0.2, 0) is 10.2 Å². The zero-order chi connectivity index (χ0) is 22.0. The summed E-state index contributed by atoms with van der Waals surface area (Å²) in [7, 11) is 0. The number of benzene rings is 2. The second kappa shape index (κ2) is 9.35. The molecule has 2 heterocycles. The van der Waals surface area contributed by atoms with Gasteiger partial charge in [-0.15, -0.1) is 0 Å². The van der Waals surface area contributed by atoms with E-state index in [1.807, 2.05) is 19.1 Å². The van der Waals surface area contributed by atoms with Gasteiger partial charge in [0.05, 0.1) is 16.1 Å². The second-order valence-corrected chi connectivity index (χ2v) is 9.31. The van der Waals surface area contributed by atoms with E-state index in [2.05, 4.69) is 27.2 Å². The number of piperazine rings is 1. The summed E-state index contributed by atoms with van der Waals surface area (Å²) in [5.41, 5.74) is 1.81. The van der Waals surface area contributed by atoms with E-state index in [0.717, 1.165) is 50.6 Å². The maximum atomic E-state index is 14.0. The van der Waals surface area contributed by atoms with Crippen molar-refractivity contribution < 1.29 is 9.18 Å². The molecule has 0 spiro atoms. The molecule has 1 atom stereocenters. The summed E-state index contributed by atoms with van der Waals surface area (Å²) in [6, 6.07) is 10.7. The molecule has 0 aromatic heterocycles. The molecular weight excluding hydrogens is 436 g/mol. The lowest BCUT2D eigenvalue weighted by Crippen LogP contribution is -2.46. The Morgan fingerprint density at radius 2 is 1.77 bits per heavy atom. The highest BCUT2D eigenvalue weighted by Gasteiger charge is 2.45. The van der Waals surface area contributed by atoms with Crippen LogP contribution in [0.2, 0.25) is 10.0 Å². The molecule has 0 aliphatic carbocycles.